The van der Waals surface area contributed by atoms with E-state index in [2.05, 4.69) is 0 Å². The first-order valence-electron chi connectivity index (χ1n) is 5.81. The monoisotopic (exact) mass is 252 g/mol. The molecule has 1 heterocycles. The molecule has 0 spiro atoms. The number of aliphatic hydroxyl groups is 2. The van der Waals surface area contributed by atoms with Crippen molar-refractivity contribution in [1.29, 1.82) is 0 Å². The molecule has 0 radical (unpaired) electrons. The largest absolute Gasteiger partial charge is 0.459 e. The molecule has 18 heavy (non-hydrogen) atoms. The summed E-state index contributed by atoms with van der Waals surface area (Å²) in [7, 11) is 0. The lowest BCUT2D eigenvalue weighted by molar-refractivity contribution is -0.109. The van der Waals surface area contributed by atoms with Crippen LogP contribution in [0.4, 0.5) is 0 Å². The fourth-order valence-corrected chi connectivity index (χ4v) is 1.79. The van der Waals surface area contributed by atoms with Crippen LogP contribution in [-0.2, 0) is 9.47 Å². The SMILES string of the molecule is Cc1ccc(C(=O)OC[C@H]2O[C@@H](O)C[C@H]2O)cc1. The summed E-state index contributed by atoms with van der Waals surface area (Å²) in [5, 5.41) is 18.7. The van der Waals surface area contributed by atoms with E-state index in [-0.39, 0.29) is 13.0 Å². The normalized spacial score (nSPS) is 27.2. The zero-order valence-electron chi connectivity index (χ0n) is 10.1. The number of aliphatic hydroxyl groups excluding tert-OH is 2. The van der Waals surface area contributed by atoms with Gasteiger partial charge in [-0.15, -0.1) is 0 Å². The lowest BCUT2D eigenvalue weighted by Gasteiger charge is -2.13. The van der Waals surface area contributed by atoms with Crippen molar-refractivity contribution in [2.45, 2.75) is 31.8 Å². The van der Waals surface area contributed by atoms with Crippen molar-refractivity contribution in [3.63, 3.8) is 0 Å². The van der Waals surface area contributed by atoms with Gasteiger partial charge in [0.25, 0.3) is 0 Å². The second-order valence-electron chi connectivity index (χ2n) is 4.40. The third kappa shape index (κ3) is 3.07. The summed E-state index contributed by atoms with van der Waals surface area (Å²) in [4.78, 5) is 11.7. The Kier molecular flexibility index (Phi) is 3.96. The molecule has 98 valence electrons. The molecular formula is C13H16O5. The lowest BCUT2D eigenvalue weighted by Crippen LogP contribution is -2.28. The van der Waals surface area contributed by atoms with Gasteiger partial charge in [0.2, 0.25) is 0 Å². The van der Waals surface area contributed by atoms with Gasteiger partial charge in [-0.05, 0) is 19.1 Å². The van der Waals surface area contributed by atoms with Crippen molar-refractivity contribution in [3.8, 4) is 0 Å². The van der Waals surface area contributed by atoms with Crippen LogP contribution in [0.2, 0.25) is 0 Å². The summed E-state index contributed by atoms with van der Waals surface area (Å²) in [6.07, 6.45) is -2.30. The minimum Gasteiger partial charge on any atom is -0.459 e. The maximum atomic E-state index is 11.7. The Morgan fingerprint density at radius 3 is 2.61 bits per heavy atom. The highest BCUT2D eigenvalue weighted by atomic mass is 16.6. The number of ether oxygens (including phenoxy) is 2. The molecule has 3 atom stereocenters. The van der Waals surface area contributed by atoms with Gasteiger partial charge in [-0.2, -0.15) is 0 Å². The van der Waals surface area contributed by atoms with Gasteiger partial charge in [0.1, 0.15) is 12.7 Å². The van der Waals surface area contributed by atoms with Crippen LogP contribution < -0.4 is 0 Å². The van der Waals surface area contributed by atoms with Gasteiger partial charge in [0, 0.05) is 6.42 Å². The minimum atomic E-state index is -0.983. The molecule has 0 aromatic heterocycles. The Labute approximate surface area is 105 Å². The molecule has 2 N–H and O–H groups in total. The van der Waals surface area contributed by atoms with E-state index in [1.807, 2.05) is 19.1 Å². The quantitative estimate of drug-likeness (QED) is 0.771. The van der Waals surface area contributed by atoms with Crippen LogP contribution in [0.15, 0.2) is 24.3 Å². The third-order valence-corrected chi connectivity index (χ3v) is 2.87. The van der Waals surface area contributed by atoms with Gasteiger partial charge in [-0.3, -0.25) is 0 Å². The fraction of sp³-hybridized carbons (Fsp3) is 0.462. The zero-order chi connectivity index (χ0) is 13.1. The molecule has 1 aliphatic rings. The van der Waals surface area contributed by atoms with Gasteiger partial charge in [0.15, 0.2) is 6.29 Å². The fourth-order valence-electron chi connectivity index (χ4n) is 1.79. The van der Waals surface area contributed by atoms with E-state index in [1.54, 1.807) is 12.1 Å². The number of carbonyl (C=O) groups excluding carboxylic acids is 1. The van der Waals surface area contributed by atoms with Crippen LogP contribution >= 0.6 is 0 Å². The summed E-state index contributed by atoms with van der Waals surface area (Å²) < 4.78 is 10.0. The average Bonchev–Trinajstić information content (AvgIpc) is 2.66. The molecule has 0 bridgehead atoms. The van der Waals surface area contributed by atoms with Gasteiger partial charge in [0.05, 0.1) is 11.7 Å². The van der Waals surface area contributed by atoms with Gasteiger partial charge in [-0.25, -0.2) is 4.79 Å². The molecule has 5 nitrogen and oxygen atoms in total. The number of aryl methyl sites for hydroxylation is 1. The van der Waals surface area contributed by atoms with Crippen LogP contribution in [0.1, 0.15) is 22.3 Å². The van der Waals surface area contributed by atoms with E-state index in [0.717, 1.165) is 5.56 Å². The molecule has 1 aliphatic heterocycles. The van der Waals surface area contributed by atoms with Gasteiger partial charge >= 0.3 is 5.97 Å². The summed E-state index contributed by atoms with van der Waals surface area (Å²) in [6, 6.07) is 7.00. The summed E-state index contributed by atoms with van der Waals surface area (Å²) in [5.41, 5.74) is 1.51. The molecule has 0 unspecified atom stereocenters. The van der Waals surface area contributed by atoms with E-state index in [9.17, 15) is 9.90 Å². The van der Waals surface area contributed by atoms with Crippen LogP contribution in [0.5, 0.6) is 0 Å². The maximum absolute atomic E-state index is 11.7. The second-order valence-corrected chi connectivity index (χ2v) is 4.40. The number of carbonyl (C=O) groups is 1. The Bertz CT molecular complexity index is 414. The Balaban J connectivity index is 1.87. The Morgan fingerprint density at radius 2 is 2.06 bits per heavy atom. The molecular weight excluding hydrogens is 236 g/mol. The number of esters is 1. The molecule has 2 rings (SSSR count). The summed E-state index contributed by atoms with van der Waals surface area (Å²) in [5.74, 6) is -0.466. The predicted octanol–water partition coefficient (Wildman–Crippen LogP) is 0.620. The number of benzene rings is 1. The highest BCUT2D eigenvalue weighted by Crippen LogP contribution is 2.19. The highest BCUT2D eigenvalue weighted by Gasteiger charge is 2.33. The van der Waals surface area contributed by atoms with E-state index in [1.165, 1.54) is 0 Å². The molecule has 1 aromatic carbocycles. The number of rotatable bonds is 3. The molecule has 1 aromatic rings. The molecule has 5 heteroatoms. The van der Waals surface area contributed by atoms with Crippen molar-refractivity contribution in [2.75, 3.05) is 6.61 Å². The molecule has 1 fully saturated rings. The minimum absolute atomic E-state index is 0.0645. The third-order valence-electron chi connectivity index (χ3n) is 2.87. The standard InChI is InChI=1S/C13H16O5/c1-8-2-4-9(5-3-8)13(16)17-7-11-10(14)6-12(15)18-11/h2-5,10-12,14-15H,6-7H2,1H3/t10-,11-,12-/m1/s1. The van der Waals surface area contributed by atoms with Crippen LogP contribution in [0, 0.1) is 6.92 Å². The maximum Gasteiger partial charge on any atom is 0.338 e. The van der Waals surface area contributed by atoms with E-state index < -0.39 is 24.5 Å². The number of hydrogen-bond acceptors (Lipinski definition) is 5. The molecule has 0 amide bonds. The van der Waals surface area contributed by atoms with Crippen molar-refractivity contribution < 1.29 is 24.5 Å². The Hall–Kier alpha value is -1.43. The number of hydrogen-bond donors (Lipinski definition) is 2. The Morgan fingerprint density at radius 1 is 1.39 bits per heavy atom. The summed E-state index contributed by atoms with van der Waals surface area (Å²) >= 11 is 0. The smallest absolute Gasteiger partial charge is 0.338 e. The van der Waals surface area contributed by atoms with Crippen molar-refractivity contribution in [3.05, 3.63) is 35.4 Å². The van der Waals surface area contributed by atoms with Crippen molar-refractivity contribution in [1.82, 2.24) is 0 Å². The van der Waals surface area contributed by atoms with Crippen LogP contribution in [0.3, 0.4) is 0 Å². The first-order valence-corrected chi connectivity index (χ1v) is 5.81. The van der Waals surface area contributed by atoms with Gasteiger partial charge < -0.3 is 19.7 Å². The van der Waals surface area contributed by atoms with E-state index in [0.29, 0.717) is 5.56 Å². The molecule has 1 saturated heterocycles. The summed E-state index contributed by atoms with van der Waals surface area (Å²) in [6.45, 7) is 1.87. The van der Waals surface area contributed by atoms with Crippen LogP contribution in [0.25, 0.3) is 0 Å². The van der Waals surface area contributed by atoms with E-state index in [4.69, 9.17) is 14.6 Å². The lowest BCUT2D eigenvalue weighted by atomic mass is 10.1. The first-order chi connectivity index (χ1) is 8.56. The highest BCUT2D eigenvalue weighted by molar-refractivity contribution is 5.89. The van der Waals surface area contributed by atoms with Crippen molar-refractivity contribution >= 4 is 5.97 Å². The zero-order valence-corrected chi connectivity index (χ0v) is 10.1. The van der Waals surface area contributed by atoms with Crippen LogP contribution in [-0.4, -0.2) is 41.3 Å². The van der Waals surface area contributed by atoms with Crippen molar-refractivity contribution in [2.24, 2.45) is 0 Å². The van der Waals surface area contributed by atoms with E-state index >= 15 is 0 Å². The first kappa shape index (κ1) is 13.0. The predicted molar refractivity (Wildman–Crippen MR) is 63.0 cm³/mol. The molecule has 0 saturated carbocycles. The molecule has 0 aliphatic carbocycles. The second kappa shape index (κ2) is 5.48. The topological polar surface area (TPSA) is 76.0 Å². The van der Waals surface area contributed by atoms with Gasteiger partial charge in [-0.1, -0.05) is 17.7 Å². The average molecular weight is 252 g/mol.